The minimum atomic E-state index is -3.33. The summed E-state index contributed by atoms with van der Waals surface area (Å²) >= 11 is 0. The molecule has 1 atom stereocenters. The van der Waals surface area contributed by atoms with E-state index in [1.54, 1.807) is 11.4 Å². The molecule has 2 aliphatic rings. The van der Waals surface area contributed by atoms with Gasteiger partial charge >= 0.3 is 0 Å². The highest BCUT2D eigenvalue weighted by Crippen LogP contribution is 2.24. The summed E-state index contributed by atoms with van der Waals surface area (Å²) in [6.07, 6.45) is 5.55. The van der Waals surface area contributed by atoms with E-state index in [1.807, 2.05) is 19.0 Å². The van der Waals surface area contributed by atoms with Crippen LogP contribution in [0.15, 0.2) is 0 Å². The van der Waals surface area contributed by atoms with Gasteiger partial charge in [0.25, 0.3) is 10.2 Å². The van der Waals surface area contributed by atoms with Crippen molar-refractivity contribution in [2.45, 2.75) is 44.2 Å². The van der Waals surface area contributed by atoms with Crippen LogP contribution in [-0.4, -0.2) is 81.3 Å². The third-order valence-electron chi connectivity index (χ3n) is 4.34. The van der Waals surface area contributed by atoms with Crippen molar-refractivity contribution in [3.05, 3.63) is 0 Å². The number of hydrogen-bond acceptors (Lipinski definition) is 4. The van der Waals surface area contributed by atoms with Crippen molar-refractivity contribution < 1.29 is 8.42 Å². The average molecular weight is 318 g/mol. The highest BCUT2D eigenvalue weighted by atomic mass is 32.2. The van der Waals surface area contributed by atoms with Gasteiger partial charge in [-0.15, -0.1) is 0 Å². The first-order chi connectivity index (χ1) is 9.91. The Kier molecular flexibility index (Phi) is 6.02. The normalized spacial score (nSPS) is 24.9. The third kappa shape index (κ3) is 4.89. The first kappa shape index (κ1) is 17.1. The number of nitrogens with one attached hydrogen (secondary N) is 1. The molecule has 6 nitrogen and oxygen atoms in total. The second-order valence-corrected chi connectivity index (χ2v) is 8.56. The number of nitrogens with zero attached hydrogens (tertiary/aromatic N) is 3. The second-order valence-electron chi connectivity index (χ2n) is 6.58. The van der Waals surface area contributed by atoms with Crippen LogP contribution in [0, 0.1) is 0 Å². The van der Waals surface area contributed by atoms with Gasteiger partial charge in [0.05, 0.1) is 0 Å². The highest BCUT2D eigenvalue weighted by molar-refractivity contribution is 7.86. The molecule has 1 unspecified atom stereocenters. The molecule has 1 N–H and O–H groups in total. The van der Waals surface area contributed by atoms with Crippen LogP contribution in [0.5, 0.6) is 0 Å². The number of hydrogen-bond donors (Lipinski definition) is 1. The van der Waals surface area contributed by atoms with Crippen LogP contribution < -0.4 is 5.32 Å². The monoisotopic (exact) mass is 318 g/mol. The van der Waals surface area contributed by atoms with Crippen LogP contribution in [-0.2, 0) is 10.2 Å². The Morgan fingerprint density at radius 2 is 1.81 bits per heavy atom. The van der Waals surface area contributed by atoms with Crippen LogP contribution in [0.3, 0.4) is 0 Å². The Balaban J connectivity index is 1.96. The second kappa shape index (κ2) is 7.37. The van der Waals surface area contributed by atoms with E-state index in [2.05, 4.69) is 5.32 Å². The Hall–Kier alpha value is -0.210. The van der Waals surface area contributed by atoms with Gasteiger partial charge in [-0.1, -0.05) is 6.42 Å². The van der Waals surface area contributed by atoms with Gasteiger partial charge in [-0.3, -0.25) is 0 Å². The standard InChI is InChI=1S/C14H30N4O2S/c1-16(2)10-11-17(3)21(19,20)18-9-5-4-6-14(18)12-15-13-7-8-13/h13-15H,4-12H2,1-3H3. The van der Waals surface area contributed by atoms with Crippen molar-refractivity contribution in [1.82, 2.24) is 18.8 Å². The molecule has 1 heterocycles. The lowest BCUT2D eigenvalue weighted by Gasteiger charge is -2.37. The maximum atomic E-state index is 12.8. The molecule has 0 spiro atoms. The Bertz CT molecular complexity index is 423. The highest BCUT2D eigenvalue weighted by Gasteiger charge is 2.35. The fourth-order valence-corrected chi connectivity index (χ4v) is 4.29. The van der Waals surface area contributed by atoms with E-state index < -0.39 is 10.2 Å². The van der Waals surface area contributed by atoms with Crippen molar-refractivity contribution in [2.24, 2.45) is 0 Å². The molecular weight excluding hydrogens is 288 g/mol. The predicted molar refractivity (Wildman–Crippen MR) is 85.5 cm³/mol. The first-order valence-corrected chi connectivity index (χ1v) is 9.42. The van der Waals surface area contributed by atoms with Gasteiger partial charge < -0.3 is 10.2 Å². The van der Waals surface area contributed by atoms with Crippen LogP contribution in [0.1, 0.15) is 32.1 Å². The van der Waals surface area contributed by atoms with Crippen molar-refractivity contribution >= 4 is 10.2 Å². The van der Waals surface area contributed by atoms with Gasteiger partial charge in [-0.2, -0.15) is 17.0 Å². The lowest BCUT2D eigenvalue weighted by Crippen LogP contribution is -2.53. The zero-order valence-electron chi connectivity index (χ0n) is 13.6. The van der Waals surface area contributed by atoms with Crippen LogP contribution in [0.25, 0.3) is 0 Å². The van der Waals surface area contributed by atoms with E-state index in [4.69, 9.17) is 0 Å². The molecule has 2 rings (SSSR count). The van der Waals surface area contributed by atoms with E-state index in [9.17, 15) is 8.42 Å². The molecule has 0 aromatic rings. The molecule has 7 heteroatoms. The van der Waals surface area contributed by atoms with Crippen LogP contribution >= 0.6 is 0 Å². The van der Waals surface area contributed by atoms with Gasteiger partial charge in [0.1, 0.15) is 0 Å². The van der Waals surface area contributed by atoms with E-state index >= 15 is 0 Å². The molecule has 124 valence electrons. The van der Waals surface area contributed by atoms with Crippen molar-refractivity contribution in [3.63, 3.8) is 0 Å². The molecule has 0 aromatic carbocycles. The van der Waals surface area contributed by atoms with E-state index in [0.29, 0.717) is 19.1 Å². The van der Waals surface area contributed by atoms with Crippen molar-refractivity contribution in [2.75, 3.05) is 47.3 Å². The third-order valence-corrected chi connectivity index (χ3v) is 6.39. The van der Waals surface area contributed by atoms with Crippen LogP contribution in [0.2, 0.25) is 0 Å². The Morgan fingerprint density at radius 1 is 1.10 bits per heavy atom. The van der Waals surface area contributed by atoms with Crippen molar-refractivity contribution in [3.8, 4) is 0 Å². The maximum Gasteiger partial charge on any atom is 0.282 e. The average Bonchev–Trinajstić information content (AvgIpc) is 3.26. The molecule has 0 radical (unpaired) electrons. The van der Waals surface area contributed by atoms with Gasteiger partial charge in [-0.25, -0.2) is 0 Å². The topological polar surface area (TPSA) is 55.9 Å². The van der Waals surface area contributed by atoms with Crippen LogP contribution in [0.4, 0.5) is 0 Å². The molecule has 0 bridgehead atoms. The van der Waals surface area contributed by atoms with Crippen molar-refractivity contribution in [1.29, 1.82) is 0 Å². The Labute approximate surface area is 129 Å². The zero-order chi connectivity index (χ0) is 15.5. The lowest BCUT2D eigenvalue weighted by molar-refractivity contribution is 0.227. The molecule has 2 fully saturated rings. The van der Waals surface area contributed by atoms with E-state index in [1.165, 1.54) is 17.1 Å². The predicted octanol–water partition coefficient (Wildman–Crippen LogP) is 0.331. The Morgan fingerprint density at radius 3 is 2.43 bits per heavy atom. The number of rotatable bonds is 8. The largest absolute Gasteiger partial charge is 0.312 e. The molecule has 0 amide bonds. The molecule has 1 aliphatic carbocycles. The fourth-order valence-electron chi connectivity index (χ4n) is 2.71. The minimum absolute atomic E-state index is 0.117. The number of piperidine rings is 1. The summed E-state index contributed by atoms with van der Waals surface area (Å²) in [6, 6.07) is 0.745. The van der Waals surface area contributed by atoms with Gasteiger partial charge in [-0.05, 0) is 39.8 Å². The molecule has 1 saturated carbocycles. The maximum absolute atomic E-state index is 12.8. The fraction of sp³-hybridized carbons (Fsp3) is 1.00. The molecular formula is C14H30N4O2S. The number of likely N-dealkylation sites (N-methyl/N-ethyl adjacent to an activating group) is 2. The van der Waals surface area contributed by atoms with Gasteiger partial charge in [0, 0.05) is 45.3 Å². The molecule has 1 aliphatic heterocycles. The molecule has 21 heavy (non-hydrogen) atoms. The summed E-state index contributed by atoms with van der Waals surface area (Å²) in [6.45, 7) is 2.74. The lowest BCUT2D eigenvalue weighted by atomic mass is 10.1. The summed E-state index contributed by atoms with van der Waals surface area (Å²) in [4.78, 5) is 2.01. The zero-order valence-corrected chi connectivity index (χ0v) is 14.4. The molecule has 1 saturated heterocycles. The summed E-state index contributed by atoms with van der Waals surface area (Å²) in [5.41, 5.74) is 0. The summed E-state index contributed by atoms with van der Waals surface area (Å²) < 4.78 is 28.8. The minimum Gasteiger partial charge on any atom is -0.312 e. The van der Waals surface area contributed by atoms with Gasteiger partial charge in [0.2, 0.25) is 0 Å². The summed E-state index contributed by atoms with van der Waals surface area (Å²) in [7, 11) is 2.28. The molecule has 0 aromatic heterocycles. The first-order valence-electron chi connectivity index (χ1n) is 8.02. The van der Waals surface area contributed by atoms with E-state index in [-0.39, 0.29) is 6.04 Å². The van der Waals surface area contributed by atoms with E-state index in [0.717, 1.165) is 32.4 Å². The quantitative estimate of drug-likeness (QED) is 0.701. The van der Waals surface area contributed by atoms with Gasteiger partial charge in [0.15, 0.2) is 0 Å². The summed E-state index contributed by atoms with van der Waals surface area (Å²) in [5, 5.41) is 3.48. The SMILES string of the molecule is CN(C)CCN(C)S(=O)(=O)N1CCCCC1CNC1CC1. The smallest absolute Gasteiger partial charge is 0.282 e. The summed E-state index contributed by atoms with van der Waals surface area (Å²) in [5.74, 6) is 0.